The molecule has 0 saturated carbocycles. The summed E-state index contributed by atoms with van der Waals surface area (Å²) in [7, 11) is 0. The van der Waals surface area contributed by atoms with Crippen LogP contribution in [-0.4, -0.2) is 20.2 Å². The Bertz CT molecular complexity index is 1270. The number of aromatic nitrogens is 4. The number of oxazole rings is 1. The van der Waals surface area contributed by atoms with Crippen molar-refractivity contribution < 1.29 is 4.42 Å². The SMILES string of the molecule is c1ccc(-c2nc(CSc3nnc(-c4ccccc4)c(-c4ccccc4)n3)co2)cc1. The molecule has 3 aromatic carbocycles. The molecule has 0 unspecified atom stereocenters. The van der Waals surface area contributed by atoms with Gasteiger partial charge in [-0.15, -0.1) is 10.2 Å². The molecule has 0 aliphatic heterocycles. The van der Waals surface area contributed by atoms with E-state index in [2.05, 4.69) is 15.2 Å². The van der Waals surface area contributed by atoms with Gasteiger partial charge in [0.15, 0.2) is 0 Å². The van der Waals surface area contributed by atoms with Crippen molar-refractivity contribution in [2.45, 2.75) is 10.9 Å². The van der Waals surface area contributed by atoms with Gasteiger partial charge in [0.1, 0.15) is 17.7 Å². The fourth-order valence-corrected chi connectivity index (χ4v) is 3.85. The summed E-state index contributed by atoms with van der Waals surface area (Å²) in [5, 5.41) is 9.48. The summed E-state index contributed by atoms with van der Waals surface area (Å²) in [5.41, 5.74) is 5.36. The maximum Gasteiger partial charge on any atom is 0.226 e. The first-order valence-corrected chi connectivity index (χ1v) is 10.8. The van der Waals surface area contributed by atoms with Gasteiger partial charge in [0.25, 0.3) is 0 Å². The fraction of sp³-hybridized carbons (Fsp3) is 0.0400. The molecule has 2 aromatic heterocycles. The van der Waals surface area contributed by atoms with E-state index < -0.39 is 0 Å². The van der Waals surface area contributed by atoms with Crippen molar-refractivity contribution >= 4 is 11.8 Å². The maximum atomic E-state index is 5.63. The fourth-order valence-electron chi connectivity index (χ4n) is 3.19. The second-order valence-corrected chi connectivity index (χ2v) is 7.76. The van der Waals surface area contributed by atoms with Gasteiger partial charge in [0.05, 0.1) is 5.69 Å². The molecule has 150 valence electrons. The zero-order chi connectivity index (χ0) is 20.9. The van der Waals surface area contributed by atoms with Gasteiger partial charge in [-0.1, -0.05) is 90.6 Å². The lowest BCUT2D eigenvalue weighted by molar-refractivity contribution is 0.573. The molecular weight excluding hydrogens is 404 g/mol. The highest BCUT2D eigenvalue weighted by Gasteiger charge is 2.14. The molecule has 5 nitrogen and oxygen atoms in total. The van der Waals surface area contributed by atoms with Crippen LogP contribution in [0.25, 0.3) is 34.0 Å². The summed E-state index contributed by atoms with van der Waals surface area (Å²) in [4.78, 5) is 9.41. The van der Waals surface area contributed by atoms with Crippen molar-refractivity contribution in [3.8, 4) is 34.0 Å². The molecule has 0 fully saturated rings. The number of hydrogen-bond acceptors (Lipinski definition) is 6. The Morgan fingerprint density at radius 1 is 0.613 bits per heavy atom. The molecule has 5 rings (SSSR count). The number of nitrogens with zero attached hydrogens (tertiary/aromatic N) is 4. The van der Waals surface area contributed by atoms with Gasteiger partial charge < -0.3 is 4.42 Å². The van der Waals surface area contributed by atoms with Gasteiger partial charge in [0.2, 0.25) is 11.0 Å². The van der Waals surface area contributed by atoms with Crippen LogP contribution in [0, 0.1) is 0 Å². The lowest BCUT2D eigenvalue weighted by atomic mass is 10.0. The average Bonchev–Trinajstić information content (AvgIpc) is 3.33. The molecule has 0 saturated heterocycles. The molecule has 0 atom stereocenters. The minimum Gasteiger partial charge on any atom is -0.444 e. The molecule has 0 amide bonds. The third-order valence-electron chi connectivity index (χ3n) is 4.68. The molecule has 6 heteroatoms. The van der Waals surface area contributed by atoms with Crippen LogP contribution in [0.5, 0.6) is 0 Å². The molecule has 0 N–H and O–H groups in total. The van der Waals surface area contributed by atoms with Crippen LogP contribution in [-0.2, 0) is 5.75 Å². The molecule has 5 aromatic rings. The standard InChI is InChI=1S/C25H18N4OS/c1-4-10-18(11-5-1)22-23(19-12-6-2-7-13-19)28-29-25(27-22)31-17-21-16-30-24(26-21)20-14-8-3-9-15-20/h1-16H,17H2. The van der Waals surface area contributed by atoms with Crippen molar-refractivity contribution in [3.63, 3.8) is 0 Å². The molecule has 0 aliphatic carbocycles. The Hall–Kier alpha value is -3.77. The highest BCUT2D eigenvalue weighted by molar-refractivity contribution is 7.98. The van der Waals surface area contributed by atoms with Gasteiger partial charge in [-0.05, 0) is 12.1 Å². The largest absolute Gasteiger partial charge is 0.444 e. The lowest BCUT2D eigenvalue weighted by Crippen LogP contribution is -1.99. The zero-order valence-corrected chi connectivity index (χ0v) is 17.4. The number of benzene rings is 3. The van der Waals surface area contributed by atoms with E-state index in [1.54, 1.807) is 6.26 Å². The van der Waals surface area contributed by atoms with Crippen LogP contribution >= 0.6 is 11.8 Å². The van der Waals surface area contributed by atoms with Gasteiger partial charge in [-0.2, -0.15) is 0 Å². The first-order valence-electron chi connectivity index (χ1n) is 9.85. The van der Waals surface area contributed by atoms with Crippen molar-refractivity contribution in [1.82, 2.24) is 20.2 Å². The summed E-state index contributed by atoms with van der Waals surface area (Å²) in [6, 6.07) is 29.9. The molecule has 0 radical (unpaired) electrons. The van der Waals surface area contributed by atoms with Crippen LogP contribution in [0.1, 0.15) is 5.69 Å². The number of thioether (sulfide) groups is 1. The van der Waals surface area contributed by atoms with E-state index in [0.717, 1.165) is 33.8 Å². The van der Waals surface area contributed by atoms with Gasteiger partial charge in [0, 0.05) is 22.4 Å². The Morgan fingerprint density at radius 2 is 1.19 bits per heavy atom. The first kappa shape index (κ1) is 19.2. The predicted molar refractivity (Wildman–Crippen MR) is 122 cm³/mol. The van der Waals surface area contributed by atoms with Gasteiger partial charge in [-0.3, -0.25) is 0 Å². The van der Waals surface area contributed by atoms with Crippen LogP contribution in [0.15, 0.2) is 107 Å². The third kappa shape index (κ3) is 4.39. The summed E-state index contributed by atoms with van der Waals surface area (Å²) in [6.45, 7) is 0. The zero-order valence-electron chi connectivity index (χ0n) is 16.6. The van der Waals surface area contributed by atoms with E-state index in [-0.39, 0.29) is 0 Å². The Balaban J connectivity index is 1.41. The van der Waals surface area contributed by atoms with Crippen molar-refractivity contribution in [2.75, 3.05) is 0 Å². The summed E-state index contributed by atoms with van der Waals surface area (Å²) < 4.78 is 5.63. The summed E-state index contributed by atoms with van der Waals surface area (Å²) >= 11 is 1.49. The second-order valence-electron chi connectivity index (χ2n) is 6.82. The van der Waals surface area contributed by atoms with E-state index in [9.17, 15) is 0 Å². The predicted octanol–water partition coefficient (Wildman–Crippen LogP) is 6.15. The topological polar surface area (TPSA) is 64.7 Å². The van der Waals surface area contributed by atoms with E-state index in [1.165, 1.54) is 11.8 Å². The van der Waals surface area contributed by atoms with Crippen molar-refractivity contribution in [3.05, 3.63) is 103 Å². The normalized spacial score (nSPS) is 10.8. The molecule has 0 spiro atoms. The molecule has 31 heavy (non-hydrogen) atoms. The monoisotopic (exact) mass is 422 g/mol. The minimum absolute atomic E-state index is 0.594. The first-order chi connectivity index (χ1) is 15.4. The minimum atomic E-state index is 0.594. The van der Waals surface area contributed by atoms with E-state index in [1.807, 2.05) is 91.0 Å². The average molecular weight is 423 g/mol. The van der Waals surface area contributed by atoms with Crippen LogP contribution in [0.3, 0.4) is 0 Å². The smallest absolute Gasteiger partial charge is 0.226 e. The molecule has 2 heterocycles. The maximum absolute atomic E-state index is 5.63. The Morgan fingerprint density at radius 3 is 1.84 bits per heavy atom. The van der Waals surface area contributed by atoms with Crippen molar-refractivity contribution in [2.24, 2.45) is 0 Å². The number of hydrogen-bond donors (Lipinski definition) is 0. The molecular formula is C25H18N4OS. The Labute approximate surface area is 184 Å². The van der Waals surface area contributed by atoms with Crippen LogP contribution in [0.4, 0.5) is 0 Å². The third-order valence-corrected chi connectivity index (χ3v) is 5.55. The highest BCUT2D eigenvalue weighted by Crippen LogP contribution is 2.30. The Kier molecular flexibility index (Phi) is 5.54. The van der Waals surface area contributed by atoms with Gasteiger partial charge >= 0.3 is 0 Å². The second kappa shape index (κ2) is 8.93. The summed E-state index contributed by atoms with van der Waals surface area (Å²) in [5.74, 6) is 1.20. The highest BCUT2D eigenvalue weighted by atomic mass is 32.2. The quantitative estimate of drug-likeness (QED) is 0.306. The molecule has 0 bridgehead atoms. The molecule has 0 aliphatic rings. The summed E-state index contributed by atoms with van der Waals surface area (Å²) in [6.07, 6.45) is 1.68. The van der Waals surface area contributed by atoms with Gasteiger partial charge in [-0.25, -0.2) is 9.97 Å². The van der Waals surface area contributed by atoms with E-state index in [0.29, 0.717) is 16.8 Å². The van der Waals surface area contributed by atoms with Crippen LogP contribution < -0.4 is 0 Å². The number of rotatable bonds is 6. The van der Waals surface area contributed by atoms with Crippen LogP contribution in [0.2, 0.25) is 0 Å². The van der Waals surface area contributed by atoms with Crippen molar-refractivity contribution in [1.29, 1.82) is 0 Å². The lowest BCUT2D eigenvalue weighted by Gasteiger charge is -2.09. The van der Waals surface area contributed by atoms with E-state index >= 15 is 0 Å². The van der Waals surface area contributed by atoms with E-state index in [4.69, 9.17) is 9.40 Å².